The summed E-state index contributed by atoms with van der Waals surface area (Å²) in [7, 11) is 3.13. The molecule has 104 valence electrons. The standard InChI is InChI=1S/C16H15ClO3/c1-19-13-7-3-5-11(9-13)15(17)16(18)12-6-4-8-14(10-12)20-2/h3-10,15H,1-2H3. The second-order valence-corrected chi connectivity index (χ2v) is 4.67. The lowest BCUT2D eigenvalue weighted by Crippen LogP contribution is -2.07. The van der Waals surface area contributed by atoms with Gasteiger partial charge >= 0.3 is 0 Å². The van der Waals surface area contributed by atoms with Gasteiger partial charge in [0, 0.05) is 5.56 Å². The summed E-state index contributed by atoms with van der Waals surface area (Å²) in [4.78, 5) is 12.4. The molecule has 1 atom stereocenters. The van der Waals surface area contributed by atoms with Gasteiger partial charge in [0.15, 0.2) is 5.78 Å². The van der Waals surface area contributed by atoms with Crippen LogP contribution in [0.5, 0.6) is 11.5 Å². The summed E-state index contributed by atoms with van der Waals surface area (Å²) in [5.41, 5.74) is 1.23. The van der Waals surface area contributed by atoms with E-state index in [9.17, 15) is 4.79 Å². The van der Waals surface area contributed by atoms with Crippen LogP contribution in [-0.2, 0) is 0 Å². The van der Waals surface area contributed by atoms with Crippen LogP contribution in [0, 0.1) is 0 Å². The van der Waals surface area contributed by atoms with Gasteiger partial charge in [-0.15, -0.1) is 11.6 Å². The maximum Gasteiger partial charge on any atom is 0.185 e. The van der Waals surface area contributed by atoms with Crippen molar-refractivity contribution in [3.05, 3.63) is 59.7 Å². The molecule has 0 saturated carbocycles. The molecule has 1 unspecified atom stereocenters. The number of ether oxygens (including phenoxy) is 2. The van der Waals surface area contributed by atoms with Gasteiger partial charge in [0.25, 0.3) is 0 Å². The van der Waals surface area contributed by atoms with Crippen LogP contribution < -0.4 is 9.47 Å². The van der Waals surface area contributed by atoms with Crippen LogP contribution in [0.3, 0.4) is 0 Å². The third-order valence-electron chi connectivity index (χ3n) is 2.97. The molecule has 0 saturated heterocycles. The highest BCUT2D eigenvalue weighted by Crippen LogP contribution is 2.28. The average Bonchev–Trinajstić information content (AvgIpc) is 2.53. The van der Waals surface area contributed by atoms with Crippen molar-refractivity contribution in [2.75, 3.05) is 14.2 Å². The highest BCUT2D eigenvalue weighted by atomic mass is 35.5. The van der Waals surface area contributed by atoms with Gasteiger partial charge in [-0.05, 0) is 29.8 Å². The van der Waals surface area contributed by atoms with E-state index in [1.807, 2.05) is 12.1 Å². The maximum atomic E-state index is 12.4. The van der Waals surface area contributed by atoms with E-state index < -0.39 is 5.38 Å². The van der Waals surface area contributed by atoms with E-state index in [-0.39, 0.29) is 5.78 Å². The zero-order chi connectivity index (χ0) is 14.5. The van der Waals surface area contributed by atoms with Gasteiger partial charge < -0.3 is 9.47 Å². The molecule has 0 N–H and O–H groups in total. The van der Waals surface area contributed by atoms with Gasteiger partial charge in [-0.1, -0.05) is 24.3 Å². The second kappa shape index (κ2) is 6.44. The number of benzene rings is 2. The molecule has 0 heterocycles. The third-order valence-corrected chi connectivity index (χ3v) is 3.42. The Morgan fingerprint density at radius 2 is 1.60 bits per heavy atom. The molecule has 0 aromatic heterocycles. The number of halogens is 1. The number of methoxy groups -OCH3 is 2. The first-order chi connectivity index (χ1) is 9.65. The van der Waals surface area contributed by atoms with E-state index in [2.05, 4.69) is 0 Å². The van der Waals surface area contributed by atoms with Crippen LogP contribution in [0.4, 0.5) is 0 Å². The molecule has 0 amide bonds. The molecule has 2 aromatic rings. The predicted octanol–water partition coefficient (Wildman–Crippen LogP) is 3.87. The normalized spacial score (nSPS) is 11.8. The average molecular weight is 291 g/mol. The van der Waals surface area contributed by atoms with Crippen molar-refractivity contribution in [1.82, 2.24) is 0 Å². The summed E-state index contributed by atoms with van der Waals surface area (Å²) in [6.45, 7) is 0. The van der Waals surface area contributed by atoms with Crippen LogP contribution in [-0.4, -0.2) is 20.0 Å². The number of carbonyl (C=O) groups excluding carboxylic acids is 1. The molecular formula is C16H15ClO3. The quantitative estimate of drug-likeness (QED) is 0.619. The molecule has 4 heteroatoms. The molecule has 0 aliphatic carbocycles. The summed E-state index contributed by atoms with van der Waals surface area (Å²) >= 11 is 6.27. The molecule has 0 radical (unpaired) electrons. The fraction of sp³-hybridized carbons (Fsp3) is 0.188. The van der Waals surface area contributed by atoms with Crippen molar-refractivity contribution in [3.63, 3.8) is 0 Å². The first-order valence-electron chi connectivity index (χ1n) is 6.12. The molecule has 3 nitrogen and oxygen atoms in total. The van der Waals surface area contributed by atoms with Crippen LogP contribution in [0.1, 0.15) is 21.3 Å². The number of carbonyl (C=O) groups is 1. The van der Waals surface area contributed by atoms with Gasteiger partial charge in [-0.25, -0.2) is 0 Å². The fourth-order valence-corrected chi connectivity index (χ4v) is 2.13. The number of hydrogen-bond donors (Lipinski definition) is 0. The first-order valence-corrected chi connectivity index (χ1v) is 6.55. The van der Waals surface area contributed by atoms with Crippen molar-refractivity contribution in [2.45, 2.75) is 5.38 Å². The zero-order valence-corrected chi connectivity index (χ0v) is 12.1. The Labute approximate surface area is 123 Å². The van der Waals surface area contributed by atoms with Gasteiger partial charge in [0.05, 0.1) is 14.2 Å². The fourth-order valence-electron chi connectivity index (χ4n) is 1.87. The monoisotopic (exact) mass is 290 g/mol. The minimum Gasteiger partial charge on any atom is -0.497 e. The van der Waals surface area contributed by atoms with Gasteiger partial charge in [-0.2, -0.15) is 0 Å². The molecule has 2 rings (SSSR count). The van der Waals surface area contributed by atoms with Gasteiger partial charge in [-0.3, -0.25) is 4.79 Å². The summed E-state index contributed by atoms with van der Waals surface area (Å²) in [6.07, 6.45) is 0. The van der Waals surface area contributed by atoms with E-state index in [4.69, 9.17) is 21.1 Å². The second-order valence-electron chi connectivity index (χ2n) is 4.24. The summed E-state index contributed by atoms with van der Waals surface area (Å²) in [5, 5.41) is -0.753. The minimum atomic E-state index is -0.753. The van der Waals surface area contributed by atoms with Gasteiger partial charge in [0.1, 0.15) is 16.9 Å². The highest BCUT2D eigenvalue weighted by molar-refractivity contribution is 6.33. The molecule has 0 bridgehead atoms. The Kier molecular flexibility index (Phi) is 4.64. The predicted molar refractivity (Wildman–Crippen MR) is 78.9 cm³/mol. The molecule has 0 fully saturated rings. The molecule has 20 heavy (non-hydrogen) atoms. The highest BCUT2D eigenvalue weighted by Gasteiger charge is 2.20. The third kappa shape index (κ3) is 3.11. The largest absolute Gasteiger partial charge is 0.497 e. The maximum absolute atomic E-state index is 12.4. The van der Waals surface area contributed by atoms with E-state index >= 15 is 0 Å². The lowest BCUT2D eigenvalue weighted by Gasteiger charge is -2.11. The van der Waals surface area contributed by atoms with Crippen LogP contribution in [0.25, 0.3) is 0 Å². The topological polar surface area (TPSA) is 35.5 Å². The van der Waals surface area contributed by atoms with E-state index in [0.717, 1.165) is 0 Å². The van der Waals surface area contributed by atoms with Crippen LogP contribution in [0.2, 0.25) is 0 Å². The van der Waals surface area contributed by atoms with Crippen molar-refractivity contribution < 1.29 is 14.3 Å². The smallest absolute Gasteiger partial charge is 0.185 e. The Morgan fingerprint density at radius 3 is 2.25 bits per heavy atom. The summed E-state index contributed by atoms with van der Waals surface area (Å²) in [6, 6.07) is 14.1. The Morgan fingerprint density at radius 1 is 1.00 bits per heavy atom. The zero-order valence-electron chi connectivity index (χ0n) is 11.3. The van der Waals surface area contributed by atoms with Crippen molar-refractivity contribution in [3.8, 4) is 11.5 Å². The number of rotatable bonds is 5. The van der Waals surface area contributed by atoms with Crippen molar-refractivity contribution in [1.29, 1.82) is 0 Å². The Balaban J connectivity index is 2.27. The summed E-state index contributed by atoms with van der Waals surface area (Å²) in [5.74, 6) is 1.13. The van der Waals surface area contributed by atoms with Crippen LogP contribution in [0.15, 0.2) is 48.5 Å². The number of alkyl halides is 1. The van der Waals surface area contributed by atoms with E-state index in [1.54, 1.807) is 50.6 Å². The van der Waals surface area contributed by atoms with Crippen molar-refractivity contribution in [2.24, 2.45) is 0 Å². The molecule has 0 aliphatic rings. The summed E-state index contributed by atoms with van der Waals surface area (Å²) < 4.78 is 10.2. The SMILES string of the molecule is COc1cccc(C(=O)C(Cl)c2cccc(OC)c2)c1. The molecular weight excluding hydrogens is 276 g/mol. The molecule has 0 spiro atoms. The lowest BCUT2D eigenvalue weighted by molar-refractivity contribution is 0.0986. The first kappa shape index (κ1) is 14.4. The van der Waals surface area contributed by atoms with Crippen LogP contribution >= 0.6 is 11.6 Å². The number of ketones is 1. The molecule has 2 aromatic carbocycles. The number of hydrogen-bond acceptors (Lipinski definition) is 3. The minimum absolute atomic E-state index is 0.168. The Bertz CT molecular complexity index is 610. The molecule has 0 aliphatic heterocycles. The van der Waals surface area contributed by atoms with E-state index in [0.29, 0.717) is 22.6 Å². The number of Topliss-reactive ketones (excluding diaryl/α,β-unsaturated/α-hetero) is 1. The lowest BCUT2D eigenvalue weighted by atomic mass is 10.0. The van der Waals surface area contributed by atoms with E-state index in [1.165, 1.54) is 0 Å². The van der Waals surface area contributed by atoms with Crippen molar-refractivity contribution >= 4 is 17.4 Å². The Hall–Kier alpha value is -2.00. The van der Waals surface area contributed by atoms with Gasteiger partial charge in [0.2, 0.25) is 0 Å².